The quantitative estimate of drug-likeness (QED) is 0.579. The maximum Gasteiger partial charge on any atom is 0.308 e. The second-order valence-electron chi connectivity index (χ2n) is 8.74. The summed E-state index contributed by atoms with van der Waals surface area (Å²) in [6.07, 6.45) is 5.56. The minimum absolute atomic E-state index is 0.102. The Balaban J connectivity index is 1.59. The number of carbonyl (C=O) groups excluding carboxylic acids is 1. The third-order valence-corrected chi connectivity index (χ3v) is 8.61. The van der Waals surface area contributed by atoms with E-state index in [1.807, 2.05) is 24.3 Å². The summed E-state index contributed by atoms with van der Waals surface area (Å²) in [7, 11) is -3.65. The number of esters is 1. The molecule has 2 aromatic rings. The number of sulfonamides is 1. The monoisotopic (exact) mass is 399 g/mol. The highest BCUT2D eigenvalue weighted by atomic mass is 32.2. The van der Waals surface area contributed by atoms with E-state index in [1.165, 1.54) is 19.4 Å². The smallest absolute Gasteiger partial charge is 0.308 e. The SMILES string of the molecule is CC(=O)Oc1cc(S(=O)(=O)N2CC3CC4CC(C3)CC2C4)cc2ccccc12. The lowest BCUT2D eigenvalue weighted by atomic mass is 9.68. The van der Waals surface area contributed by atoms with Gasteiger partial charge in [0.2, 0.25) is 10.0 Å². The van der Waals surface area contributed by atoms with Crippen LogP contribution in [-0.4, -0.2) is 31.3 Å². The minimum Gasteiger partial charge on any atom is -0.426 e. The summed E-state index contributed by atoms with van der Waals surface area (Å²) < 4.78 is 34.5. The largest absolute Gasteiger partial charge is 0.426 e. The zero-order valence-corrected chi connectivity index (χ0v) is 16.8. The van der Waals surface area contributed by atoms with Gasteiger partial charge in [0.1, 0.15) is 5.75 Å². The molecular weight excluding hydrogens is 374 g/mol. The first kappa shape index (κ1) is 18.1. The van der Waals surface area contributed by atoms with Crippen LogP contribution in [0.25, 0.3) is 10.8 Å². The summed E-state index contributed by atoms with van der Waals surface area (Å²) in [5.74, 6) is 1.68. The number of carbonyl (C=O) groups is 1. The Bertz CT molecular complexity index is 1030. The van der Waals surface area contributed by atoms with Gasteiger partial charge in [-0.2, -0.15) is 4.31 Å². The first-order valence-corrected chi connectivity index (χ1v) is 11.6. The van der Waals surface area contributed by atoms with Crippen molar-refractivity contribution in [2.45, 2.75) is 50.0 Å². The lowest BCUT2D eigenvalue weighted by Gasteiger charge is -2.38. The van der Waals surface area contributed by atoms with Crippen LogP contribution in [0.2, 0.25) is 0 Å². The van der Waals surface area contributed by atoms with Gasteiger partial charge in [0.05, 0.1) is 4.90 Å². The van der Waals surface area contributed by atoms with Crippen molar-refractivity contribution >= 4 is 26.8 Å². The minimum atomic E-state index is -3.65. The highest BCUT2D eigenvalue weighted by Gasteiger charge is 2.46. The van der Waals surface area contributed by atoms with Crippen LogP contribution in [0, 0.1) is 17.8 Å². The summed E-state index contributed by atoms with van der Waals surface area (Å²) in [5, 5.41) is 1.51. The molecule has 6 rings (SSSR count). The van der Waals surface area contributed by atoms with Gasteiger partial charge in [0.15, 0.2) is 0 Å². The van der Waals surface area contributed by atoms with Gasteiger partial charge >= 0.3 is 5.97 Å². The summed E-state index contributed by atoms with van der Waals surface area (Å²) in [6.45, 7) is 1.95. The van der Waals surface area contributed by atoms with E-state index < -0.39 is 16.0 Å². The van der Waals surface area contributed by atoms with Crippen LogP contribution in [0.1, 0.15) is 39.0 Å². The summed E-state index contributed by atoms with van der Waals surface area (Å²) >= 11 is 0. The summed E-state index contributed by atoms with van der Waals surface area (Å²) in [6, 6.07) is 10.8. The van der Waals surface area contributed by atoms with Crippen molar-refractivity contribution < 1.29 is 17.9 Å². The molecular formula is C22H25NO4S. The molecule has 5 nitrogen and oxygen atoms in total. The molecule has 2 heterocycles. The van der Waals surface area contributed by atoms with Gasteiger partial charge in [-0.1, -0.05) is 24.3 Å². The van der Waals surface area contributed by atoms with Crippen molar-refractivity contribution in [1.29, 1.82) is 0 Å². The predicted molar refractivity (Wildman–Crippen MR) is 106 cm³/mol. The molecule has 2 aromatic carbocycles. The Kier molecular flexibility index (Phi) is 4.25. The van der Waals surface area contributed by atoms with E-state index in [-0.39, 0.29) is 10.9 Å². The van der Waals surface area contributed by atoms with E-state index in [4.69, 9.17) is 4.74 Å². The normalized spacial score (nSPS) is 29.8. The van der Waals surface area contributed by atoms with Crippen molar-refractivity contribution in [3.05, 3.63) is 36.4 Å². The first-order valence-electron chi connectivity index (χ1n) is 10.1. The molecule has 0 amide bonds. The molecule has 148 valence electrons. The van der Waals surface area contributed by atoms with Gasteiger partial charge in [-0.15, -0.1) is 0 Å². The van der Waals surface area contributed by atoms with Crippen LogP contribution in [0.15, 0.2) is 41.3 Å². The summed E-state index contributed by atoms with van der Waals surface area (Å²) in [5.41, 5.74) is 0. The van der Waals surface area contributed by atoms with Crippen LogP contribution in [0.4, 0.5) is 0 Å². The number of hydrogen-bond donors (Lipinski definition) is 0. The van der Waals surface area contributed by atoms with Crippen LogP contribution in [0.5, 0.6) is 5.75 Å². The van der Waals surface area contributed by atoms with Crippen molar-refractivity contribution in [3.8, 4) is 5.75 Å². The van der Waals surface area contributed by atoms with E-state index in [0.29, 0.717) is 30.0 Å². The number of nitrogens with zero attached hydrogens (tertiary/aromatic N) is 1. The van der Waals surface area contributed by atoms with E-state index in [2.05, 4.69) is 0 Å². The first-order chi connectivity index (χ1) is 13.4. The number of hydrogen-bond acceptors (Lipinski definition) is 4. The molecule has 0 spiro atoms. The van der Waals surface area contributed by atoms with E-state index >= 15 is 0 Å². The molecule has 4 fully saturated rings. The topological polar surface area (TPSA) is 63.7 Å². The lowest BCUT2D eigenvalue weighted by Crippen LogP contribution is -2.42. The van der Waals surface area contributed by atoms with Crippen molar-refractivity contribution in [2.75, 3.05) is 6.54 Å². The van der Waals surface area contributed by atoms with Crippen molar-refractivity contribution in [2.24, 2.45) is 17.8 Å². The molecule has 6 heteroatoms. The highest BCUT2D eigenvalue weighted by Crippen LogP contribution is 2.49. The third kappa shape index (κ3) is 3.03. The Hall–Kier alpha value is -1.92. The van der Waals surface area contributed by atoms with Crippen molar-refractivity contribution in [3.63, 3.8) is 0 Å². The second-order valence-corrected chi connectivity index (χ2v) is 10.6. The van der Waals surface area contributed by atoms with E-state index in [1.54, 1.807) is 10.4 Å². The van der Waals surface area contributed by atoms with Crippen molar-refractivity contribution in [1.82, 2.24) is 4.31 Å². The molecule has 2 aliphatic carbocycles. The highest BCUT2D eigenvalue weighted by molar-refractivity contribution is 7.89. The van der Waals surface area contributed by atoms with Gasteiger partial charge in [-0.25, -0.2) is 8.42 Å². The molecule has 4 aliphatic rings. The van der Waals surface area contributed by atoms with Crippen LogP contribution >= 0.6 is 0 Å². The maximum absolute atomic E-state index is 13.7. The maximum atomic E-state index is 13.7. The zero-order chi connectivity index (χ0) is 19.5. The van der Waals surface area contributed by atoms with Crippen LogP contribution in [-0.2, 0) is 14.8 Å². The molecule has 2 aliphatic heterocycles. The second kappa shape index (κ2) is 6.56. The zero-order valence-electron chi connectivity index (χ0n) is 16.0. The molecule has 2 atom stereocenters. The van der Waals surface area contributed by atoms with E-state index in [9.17, 15) is 13.2 Å². The van der Waals surface area contributed by atoms with Crippen LogP contribution < -0.4 is 4.74 Å². The van der Waals surface area contributed by atoms with Gasteiger partial charge in [-0.3, -0.25) is 4.79 Å². The molecule has 28 heavy (non-hydrogen) atoms. The molecule has 0 aromatic heterocycles. The predicted octanol–water partition coefficient (Wildman–Crippen LogP) is 3.96. The molecule has 2 saturated heterocycles. The fourth-order valence-corrected chi connectivity index (χ4v) is 7.58. The van der Waals surface area contributed by atoms with Crippen LogP contribution in [0.3, 0.4) is 0 Å². The number of rotatable bonds is 3. The average Bonchev–Trinajstić information content (AvgIpc) is 2.85. The Labute approximate surface area is 165 Å². The van der Waals surface area contributed by atoms with Gasteiger partial charge in [0, 0.05) is 31.0 Å². The fourth-order valence-electron chi connectivity index (χ4n) is 5.81. The standard InChI is InChI=1S/C22H25NO4S/c1-14(24)27-22-12-20(11-18-4-2-3-5-21(18)22)28(25,26)23-13-17-7-15-6-16(8-17)10-19(23)9-15/h2-5,11-12,15-17,19H,6-10,13H2,1H3. The van der Waals surface area contributed by atoms with Gasteiger partial charge < -0.3 is 4.74 Å². The Morgan fingerprint density at radius 1 is 1.00 bits per heavy atom. The molecule has 4 bridgehead atoms. The number of ether oxygens (including phenoxy) is 1. The Morgan fingerprint density at radius 2 is 1.68 bits per heavy atom. The van der Waals surface area contributed by atoms with Gasteiger partial charge in [0.25, 0.3) is 0 Å². The molecule has 2 saturated carbocycles. The number of benzene rings is 2. The lowest BCUT2D eigenvalue weighted by molar-refractivity contribution is -0.131. The average molecular weight is 400 g/mol. The number of fused-ring (bicyclic) bond motifs is 2. The molecule has 2 unspecified atom stereocenters. The fraction of sp³-hybridized carbons (Fsp3) is 0.500. The molecule has 0 N–H and O–H groups in total. The summed E-state index contributed by atoms with van der Waals surface area (Å²) in [4.78, 5) is 11.8. The van der Waals surface area contributed by atoms with E-state index in [0.717, 1.165) is 36.5 Å². The Morgan fingerprint density at radius 3 is 2.39 bits per heavy atom. The van der Waals surface area contributed by atoms with Gasteiger partial charge in [-0.05, 0) is 61.3 Å². The molecule has 0 radical (unpaired) electrons. The third-order valence-electron chi connectivity index (χ3n) is 6.71.